The molecule has 4 fully saturated rings. The lowest BCUT2D eigenvalue weighted by Crippen LogP contribution is -2.48. The van der Waals surface area contributed by atoms with E-state index < -0.39 is 10.0 Å². The monoisotopic (exact) mass is 1020 g/mol. The molecule has 22 heteroatoms. The number of carbonyl (C=O) groups excluding carboxylic acids is 2. The molecule has 376 valence electrons. The van der Waals surface area contributed by atoms with Crippen LogP contribution in [0.4, 0.5) is 40.3 Å². The van der Waals surface area contributed by atoms with Gasteiger partial charge in [-0.05, 0) is 105 Å². The molecule has 2 aliphatic carbocycles. The van der Waals surface area contributed by atoms with Crippen LogP contribution in [0, 0.1) is 29.6 Å². The SMILES string of the molecule is CC(=O)N1CCN(c2ccc(N)cc2)CC1.CC(=O)N1CCN(c2ccc(Nc3nc(NC4CC4)c4c(C#N)c[nH]c4n3)cc2)CC1.Cc1ccc(S(=O)(=O)n2cc(C#N)c3c(NC4CC4)nc(Cl)nc32)cc1. The Morgan fingerprint density at radius 2 is 1.22 bits per heavy atom. The molecule has 73 heavy (non-hydrogen) atoms. The fourth-order valence-corrected chi connectivity index (χ4v) is 10.00. The minimum absolute atomic E-state index is 0.0800. The van der Waals surface area contributed by atoms with Gasteiger partial charge in [-0.2, -0.15) is 30.5 Å². The highest BCUT2D eigenvalue weighted by molar-refractivity contribution is 7.90. The predicted molar refractivity (Wildman–Crippen MR) is 282 cm³/mol. The third-order valence-electron chi connectivity index (χ3n) is 13.0. The first-order valence-corrected chi connectivity index (χ1v) is 25.9. The number of carbonyl (C=O) groups is 2. The molecule has 0 unspecified atom stereocenters. The van der Waals surface area contributed by atoms with Crippen LogP contribution in [0.25, 0.3) is 22.1 Å². The second-order valence-electron chi connectivity index (χ2n) is 18.3. The number of nitrogens with two attached hydrogens (primary N) is 1. The number of hydrogen-bond acceptors (Lipinski definition) is 16. The fraction of sp³-hybridized carbons (Fsp3) is 0.333. The number of nitrogens with zero attached hydrogens (tertiary/aromatic N) is 11. The maximum Gasteiger partial charge on any atom is 0.269 e. The third kappa shape index (κ3) is 11.6. The number of piperazine rings is 2. The third-order valence-corrected chi connectivity index (χ3v) is 14.8. The van der Waals surface area contributed by atoms with Gasteiger partial charge in [0.2, 0.25) is 23.0 Å². The Labute approximate surface area is 427 Å². The van der Waals surface area contributed by atoms with Crippen molar-refractivity contribution >= 4 is 95.8 Å². The van der Waals surface area contributed by atoms with E-state index in [0.29, 0.717) is 40.2 Å². The first-order chi connectivity index (χ1) is 35.2. The molecule has 2 saturated carbocycles. The van der Waals surface area contributed by atoms with Gasteiger partial charge >= 0.3 is 0 Å². The van der Waals surface area contributed by atoms with Crippen LogP contribution in [-0.2, 0) is 19.6 Å². The Morgan fingerprint density at radius 3 is 1.73 bits per heavy atom. The number of nitriles is 2. The summed E-state index contributed by atoms with van der Waals surface area (Å²) in [6.07, 6.45) is 7.15. The summed E-state index contributed by atoms with van der Waals surface area (Å²) in [5.41, 5.74) is 12.0. The second-order valence-corrected chi connectivity index (χ2v) is 20.5. The van der Waals surface area contributed by atoms with Crippen molar-refractivity contribution in [2.45, 2.75) is 63.4 Å². The van der Waals surface area contributed by atoms with Crippen molar-refractivity contribution < 1.29 is 18.0 Å². The Balaban J connectivity index is 0.000000142. The number of amides is 2. The minimum atomic E-state index is -3.93. The number of aryl methyl sites for hydroxylation is 1. The van der Waals surface area contributed by atoms with E-state index in [1.54, 1.807) is 32.2 Å². The topological polar surface area (TPSA) is 263 Å². The van der Waals surface area contributed by atoms with Crippen LogP contribution >= 0.6 is 11.6 Å². The largest absolute Gasteiger partial charge is 0.399 e. The van der Waals surface area contributed by atoms with E-state index in [1.807, 2.05) is 59.2 Å². The standard InChI is InChI=1S/C22H24N8O.C17H14ClN5O2S.C12H17N3O/c1-14(31)29-8-10-30(11-9-29)18-6-4-17(5-7-18)26-22-27-20-19(15(12-23)13-24-20)21(28-22)25-16-2-3-16;1-10-2-6-13(7-3-10)26(24,25)23-9-11(8-19)14-15(20-12-4-5-12)21-17(18)22-16(14)23;1-10(16)14-6-8-15(9-7-14)12-4-2-11(13)3-5-12/h4-7,13,16H,2-3,8-11H2,1H3,(H3,24,25,26,27,28);2-3,6-7,9,12H,4-5H2,1H3,(H,20,21,22);2-5H,6-9,13H2,1H3. The van der Waals surface area contributed by atoms with Crippen LogP contribution in [0.3, 0.4) is 0 Å². The molecule has 0 atom stereocenters. The first kappa shape index (κ1) is 49.8. The molecular formula is C51H55ClN16O4S. The molecule has 20 nitrogen and oxygen atoms in total. The summed E-state index contributed by atoms with van der Waals surface area (Å²) < 4.78 is 27.1. The molecule has 3 aromatic carbocycles. The summed E-state index contributed by atoms with van der Waals surface area (Å²) in [5.74, 6) is 1.85. The van der Waals surface area contributed by atoms with Crippen molar-refractivity contribution in [2.24, 2.45) is 0 Å². The molecule has 6 heterocycles. The lowest BCUT2D eigenvalue weighted by molar-refractivity contribution is -0.129. The number of aromatic amines is 1. The van der Waals surface area contributed by atoms with Crippen LogP contribution in [0.1, 0.15) is 56.2 Å². The molecular weight excluding hydrogens is 968 g/mol. The number of aromatic nitrogens is 6. The van der Waals surface area contributed by atoms with E-state index in [-0.39, 0.29) is 39.2 Å². The Morgan fingerprint density at radius 1 is 0.699 bits per heavy atom. The summed E-state index contributed by atoms with van der Waals surface area (Å²) in [6, 6.07) is 27.4. The van der Waals surface area contributed by atoms with Crippen LogP contribution < -0.4 is 31.5 Å². The molecule has 2 aliphatic heterocycles. The van der Waals surface area contributed by atoms with Gasteiger partial charge in [0.05, 0.1) is 26.8 Å². The number of fused-ring (bicyclic) bond motifs is 2. The van der Waals surface area contributed by atoms with E-state index in [9.17, 15) is 28.5 Å². The van der Waals surface area contributed by atoms with Gasteiger partial charge in [-0.25, -0.2) is 12.4 Å². The van der Waals surface area contributed by atoms with Crippen LogP contribution in [0.15, 0.2) is 90.1 Å². The van der Waals surface area contributed by atoms with E-state index >= 15 is 0 Å². The van der Waals surface area contributed by atoms with Gasteiger partial charge < -0.3 is 46.3 Å². The number of H-pyrrole nitrogens is 1. The highest BCUT2D eigenvalue weighted by atomic mass is 35.5. The molecule has 4 aliphatic rings. The van der Waals surface area contributed by atoms with Gasteiger partial charge in [0.15, 0.2) is 5.65 Å². The van der Waals surface area contributed by atoms with Crippen LogP contribution in [0.2, 0.25) is 5.28 Å². The molecule has 4 aromatic heterocycles. The average Bonchev–Trinajstić information content (AvgIpc) is 4.32. The highest BCUT2D eigenvalue weighted by Crippen LogP contribution is 2.34. The molecule has 2 amide bonds. The second kappa shape index (κ2) is 21.3. The van der Waals surface area contributed by atoms with Crippen molar-refractivity contribution in [1.29, 1.82) is 10.5 Å². The molecule has 11 rings (SSSR count). The van der Waals surface area contributed by atoms with Gasteiger partial charge in [-0.1, -0.05) is 17.7 Å². The predicted octanol–water partition coefficient (Wildman–Crippen LogP) is 6.83. The number of hydrogen-bond donors (Lipinski definition) is 5. The smallest absolute Gasteiger partial charge is 0.269 e. The lowest BCUT2D eigenvalue weighted by Gasteiger charge is -2.35. The summed E-state index contributed by atoms with van der Waals surface area (Å²) in [5, 5.41) is 29.8. The van der Waals surface area contributed by atoms with Crippen LogP contribution in [-0.4, -0.2) is 123 Å². The zero-order chi connectivity index (χ0) is 51.4. The summed E-state index contributed by atoms with van der Waals surface area (Å²) in [6.45, 7) is 11.7. The van der Waals surface area contributed by atoms with Crippen molar-refractivity contribution in [3.05, 3.63) is 107 Å². The van der Waals surface area contributed by atoms with Gasteiger partial charge in [-0.15, -0.1) is 0 Å². The summed E-state index contributed by atoms with van der Waals surface area (Å²) in [7, 11) is -3.93. The van der Waals surface area contributed by atoms with E-state index in [2.05, 4.69) is 68.9 Å². The fourth-order valence-electron chi connectivity index (χ4n) is 8.52. The zero-order valence-electron chi connectivity index (χ0n) is 40.6. The maximum atomic E-state index is 13.1. The van der Waals surface area contributed by atoms with E-state index in [1.165, 1.54) is 24.0 Å². The summed E-state index contributed by atoms with van der Waals surface area (Å²) in [4.78, 5) is 51.6. The maximum absolute atomic E-state index is 13.1. The molecule has 0 spiro atoms. The van der Waals surface area contributed by atoms with Crippen LogP contribution in [0.5, 0.6) is 0 Å². The van der Waals surface area contributed by atoms with Crippen molar-refractivity contribution in [2.75, 3.05) is 83.8 Å². The first-order valence-electron chi connectivity index (χ1n) is 24.0. The number of nitrogens with one attached hydrogen (secondary N) is 4. The van der Waals surface area contributed by atoms with E-state index in [4.69, 9.17) is 17.3 Å². The quantitative estimate of drug-likeness (QED) is 0.0694. The molecule has 0 bridgehead atoms. The van der Waals surface area contributed by atoms with Gasteiger partial charge in [0.25, 0.3) is 10.0 Å². The normalized spacial score (nSPS) is 15.6. The minimum Gasteiger partial charge on any atom is -0.399 e. The number of halogens is 1. The molecule has 2 saturated heterocycles. The van der Waals surface area contributed by atoms with Crippen molar-refractivity contribution in [1.82, 2.24) is 38.7 Å². The number of anilines is 7. The van der Waals surface area contributed by atoms with Gasteiger partial charge in [-0.3, -0.25) is 9.59 Å². The Bertz CT molecular complexity index is 3350. The number of rotatable bonds is 10. The number of benzene rings is 3. The van der Waals surface area contributed by atoms with Crippen molar-refractivity contribution in [3.63, 3.8) is 0 Å². The lowest BCUT2D eigenvalue weighted by atomic mass is 10.2. The zero-order valence-corrected chi connectivity index (χ0v) is 42.2. The van der Waals surface area contributed by atoms with Crippen molar-refractivity contribution in [3.8, 4) is 12.1 Å². The highest BCUT2D eigenvalue weighted by Gasteiger charge is 2.29. The Kier molecular flexibility index (Phi) is 14.5. The summed E-state index contributed by atoms with van der Waals surface area (Å²) >= 11 is 6.02. The van der Waals surface area contributed by atoms with Gasteiger partial charge in [0, 0.05) is 113 Å². The number of nitrogen functional groups attached to an aromatic ring is 1. The Hall–Kier alpha value is -8.14. The van der Waals surface area contributed by atoms with Gasteiger partial charge in [0.1, 0.15) is 29.4 Å². The molecule has 7 aromatic rings. The average molecular weight is 1020 g/mol. The molecule has 0 radical (unpaired) electrons. The molecule has 6 N–H and O–H groups in total. The van der Waals surface area contributed by atoms with E-state index in [0.717, 1.165) is 110 Å².